The van der Waals surface area contributed by atoms with Crippen LogP contribution in [0.2, 0.25) is 0 Å². The third-order valence-electron chi connectivity index (χ3n) is 5.68. The van der Waals surface area contributed by atoms with Gasteiger partial charge in [-0.25, -0.2) is 16.8 Å². The standard InChI is InChI=1S/C26H26F3NO7S2/c1-4-30(39(34,35)23-11-9-22(10-12-23)38(3,32)33)17-19-16-20(26(27,28)29)8-13-24(19)37-21-7-5-6-18(14-21)15-25(31)36-2/h5-14,16H,4,15,17H2,1-3H3. The van der Waals surface area contributed by atoms with Gasteiger partial charge in [0.1, 0.15) is 11.5 Å². The van der Waals surface area contributed by atoms with Crippen LogP contribution in [0.15, 0.2) is 76.5 Å². The molecule has 0 unspecified atom stereocenters. The molecule has 0 spiro atoms. The van der Waals surface area contributed by atoms with Crippen LogP contribution in [0.25, 0.3) is 0 Å². The Morgan fingerprint density at radius 1 is 0.923 bits per heavy atom. The van der Waals surface area contributed by atoms with Gasteiger partial charge >= 0.3 is 12.1 Å². The van der Waals surface area contributed by atoms with E-state index in [-0.39, 0.29) is 39.8 Å². The van der Waals surface area contributed by atoms with Gasteiger partial charge in [0.25, 0.3) is 0 Å². The van der Waals surface area contributed by atoms with E-state index in [2.05, 4.69) is 4.74 Å². The number of hydrogen-bond acceptors (Lipinski definition) is 7. The minimum atomic E-state index is -4.69. The number of sulfone groups is 1. The van der Waals surface area contributed by atoms with E-state index < -0.39 is 44.1 Å². The van der Waals surface area contributed by atoms with Gasteiger partial charge in [-0.3, -0.25) is 4.79 Å². The Labute approximate surface area is 224 Å². The van der Waals surface area contributed by atoms with E-state index in [1.54, 1.807) is 18.2 Å². The number of carbonyl (C=O) groups excluding carboxylic acids is 1. The summed E-state index contributed by atoms with van der Waals surface area (Å²) in [6, 6.07) is 13.6. The van der Waals surface area contributed by atoms with Gasteiger partial charge < -0.3 is 9.47 Å². The Balaban J connectivity index is 1.99. The first-order valence-corrected chi connectivity index (χ1v) is 14.8. The molecular weight excluding hydrogens is 559 g/mol. The molecule has 0 N–H and O–H groups in total. The molecular formula is C26H26F3NO7S2. The molecule has 0 saturated heterocycles. The number of ether oxygens (including phenoxy) is 2. The molecule has 8 nitrogen and oxygen atoms in total. The molecule has 0 amide bonds. The molecule has 210 valence electrons. The molecule has 3 aromatic rings. The molecule has 0 aliphatic heterocycles. The molecule has 0 bridgehead atoms. The van der Waals surface area contributed by atoms with Gasteiger partial charge in [0.15, 0.2) is 9.84 Å². The predicted molar refractivity (Wildman–Crippen MR) is 137 cm³/mol. The van der Waals surface area contributed by atoms with Crippen LogP contribution in [-0.4, -0.2) is 47.0 Å². The molecule has 0 aliphatic carbocycles. The van der Waals surface area contributed by atoms with Crippen LogP contribution in [-0.2, 0) is 48.5 Å². The van der Waals surface area contributed by atoms with Crippen LogP contribution in [0.3, 0.4) is 0 Å². The van der Waals surface area contributed by atoms with Crippen molar-refractivity contribution in [2.75, 3.05) is 19.9 Å². The summed E-state index contributed by atoms with van der Waals surface area (Å²) in [7, 11) is -6.54. The number of hydrogen-bond donors (Lipinski definition) is 0. The van der Waals surface area contributed by atoms with Crippen molar-refractivity contribution in [3.05, 3.63) is 83.4 Å². The summed E-state index contributed by atoms with van der Waals surface area (Å²) in [6.07, 6.45) is -3.76. The Hall–Kier alpha value is -3.42. The zero-order valence-corrected chi connectivity index (χ0v) is 22.9. The average molecular weight is 586 g/mol. The molecule has 3 rings (SSSR count). The molecule has 13 heteroatoms. The number of sulfonamides is 1. The summed E-state index contributed by atoms with van der Waals surface area (Å²) in [4.78, 5) is 11.3. The SMILES string of the molecule is CCN(Cc1cc(C(F)(F)F)ccc1Oc1cccc(CC(=O)OC)c1)S(=O)(=O)c1ccc(S(C)(=O)=O)cc1. The monoisotopic (exact) mass is 585 g/mol. The lowest BCUT2D eigenvalue weighted by atomic mass is 10.1. The van der Waals surface area contributed by atoms with E-state index >= 15 is 0 Å². The van der Waals surface area contributed by atoms with Crippen LogP contribution in [0.1, 0.15) is 23.6 Å². The van der Waals surface area contributed by atoms with Crippen molar-refractivity contribution in [1.82, 2.24) is 4.31 Å². The van der Waals surface area contributed by atoms with Gasteiger partial charge in [-0.05, 0) is 60.2 Å². The number of rotatable bonds is 10. The molecule has 0 saturated carbocycles. The summed E-state index contributed by atoms with van der Waals surface area (Å²) in [5.41, 5.74) is -0.500. The van der Waals surface area contributed by atoms with Crippen LogP contribution in [0.5, 0.6) is 11.5 Å². The smallest absolute Gasteiger partial charge is 0.416 e. The third-order valence-corrected chi connectivity index (χ3v) is 8.74. The van der Waals surface area contributed by atoms with Gasteiger partial charge in [0.2, 0.25) is 10.0 Å². The summed E-state index contributed by atoms with van der Waals surface area (Å²) in [5.74, 6) is -0.283. The third kappa shape index (κ3) is 7.58. The van der Waals surface area contributed by atoms with Crippen molar-refractivity contribution in [2.24, 2.45) is 0 Å². The summed E-state index contributed by atoms with van der Waals surface area (Å²) in [5, 5.41) is 0. The zero-order valence-electron chi connectivity index (χ0n) is 21.2. The summed E-state index contributed by atoms with van der Waals surface area (Å²) < 4.78 is 102. The number of alkyl halides is 3. The van der Waals surface area contributed by atoms with Crippen molar-refractivity contribution in [3.8, 4) is 11.5 Å². The van der Waals surface area contributed by atoms with Crippen molar-refractivity contribution < 1.29 is 44.3 Å². The number of halogens is 3. The number of esters is 1. The first-order chi connectivity index (χ1) is 18.1. The molecule has 39 heavy (non-hydrogen) atoms. The maximum absolute atomic E-state index is 13.5. The zero-order chi connectivity index (χ0) is 29.0. The summed E-state index contributed by atoms with van der Waals surface area (Å²) >= 11 is 0. The highest BCUT2D eigenvalue weighted by atomic mass is 32.2. The minimum Gasteiger partial charge on any atom is -0.469 e. The van der Waals surface area contributed by atoms with Gasteiger partial charge in [-0.15, -0.1) is 0 Å². The second-order valence-corrected chi connectivity index (χ2v) is 12.5. The molecule has 0 atom stereocenters. The van der Waals surface area contributed by atoms with Gasteiger partial charge in [-0.1, -0.05) is 19.1 Å². The van der Waals surface area contributed by atoms with Crippen LogP contribution >= 0.6 is 0 Å². The first-order valence-electron chi connectivity index (χ1n) is 11.5. The lowest BCUT2D eigenvalue weighted by Gasteiger charge is -2.23. The largest absolute Gasteiger partial charge is 0.469 e. The number of carbonyl (C=O) groups is 1. The molecule has 0 aliphatic rings. The molecule has 0 aromatic heterocycles. The van der Waals surface area contributed by atoms with Crippen LogP contribution < -0.4 is 4.74 Å². The Kier molecular flexibility index (Phi) is 9.08. The second kappa shape index (κ2) is 11.8. The molecule has 0 fully saturated rings. The van der Waals surface area contributed by atoms with E-state index in [9.17, 15) is 34.8 Å². The molecule has 0 heterocycles. The van der Waals surface area contributed by atoms with Crippen molar-refractivity contribution in [1.29, 1.82) is 0 Å². The van der Waals surface area contributed by atoms with Crippen molar-refractivity contribution in [3.63, 3.8) is 0 Å². The van der Waals surface area contributed by atoms with E-state index in [0.717, 1.165) is 53.0 Å². The van der Waals surface area contributed by atoms with E-state index in [4.69, 9.17) is 4.74 Å². The highest BCUT2D eigenvalue weighted by Gasteiger charge is 2.32. The number of methoxy groups -OCH3 is 1. The maximum atomic E-state index is 13.5. The Morgan fingerprint density at radius 3 is 2.13 bits per heavy atom. The van der Waals surface area contributed by atoms with Crippen LogP contribution in [0.4, 0.5) is 13.2 Å². The van der Waals surface area contributed by atoms with E-state index in [0.29, 0.717) is 5.56 Å². The van der Waals surface area contributed by atoms with Crippen molar-refractivity contribution in [2.45, 2.75) is 35.9 Å². The molecule has 0 radical (unpaired) electrons. The fourth-order valence-electron chi connectivity index (χ4n) is 3.63. The minimum absolute atomic E-state index is 0.0145. The Morgan fingerprint density at radius 2 is 1.56 bits per heavy atom. The average Bonchev–Trinajstić information content (AvgIpc) is 2.87. The first kappa shape index (κ1) is 30.1. The van der Waals surface area contributed by atoms with Crippen molar-refractivity contribution >= 4 is 25.8 Å². The normalized spacial score (nSPS) is 12.4. The quantitative estimate of drug-likeness (QED) is 0.314. The Bertz CT molecular complexity index is 1550. The van der Waals surface area contributed by atoms with Gasteiger partial charge in [0, 0.05) is 24.9 Å². The van der Waals surface area contributed by atoms with Gasteiger partial charge in [-0.2, -0.15) is 17.5 Å². The number of nitrogens with zero attached hydrogens (tertiary/aromatic N) is 1. The fourth-order valence-corrected chi connectivity index (χ4v) is 5.69. The molecule has 3 aromatic carbocycles. The summed E-state index contributed by atoms with van der Waals surface area (Å²) in [6.45, 7) is 0.959. The second-order valence-electron chi connectivity index (χ2n) is 8.50. The van der Waals surface area contributed by atoms with Gasteiger partial charge in [0.05, 0.1) is 28.9 Å². The maximum Gasteiger partial charge on any atom is 0.416 e. The van der Waals surface area contributed by atoms with E-state index in [1.807, 2.05) is 0 Å². The fraction of sp³-hybridized carbons (Fsp3) is 0.269. The number of benzene rings is 3. The topological polar surface area (TPSA) is 107 Å². The van der Waals surface area contributed by atoms with Crippen LogP contribution in [0, 0.1) is 0 Å². The highest BCUT2D eigenvalue weighted by Crippen LogP contribution is 2.35. The lowest BCUT2D eigenvalue weighted by Crippen LogP contribution is -2.30. The predicted octanol–water partition coefficient (Wildman–Crippen LogP) is 4.83. The lowest BCUT2D eigenvalue weighted by molar-refractivity contribution is -0.140. The highest BCUT2D eigenvalue weighted by molar-refractivity contribution is 7.90. The van der Waals surface area contributed by atoms with E-state index in [1.165, 1.54) is 20.1 Å².